The van der Waals surface area contributed by atoms with E-state index in [1.165, 1.54) is 0 Å². The number of halogens is 2. The second-order valence-electron chi connectivity index (χ2n) is 6.99. The van der Waals surface area contributed by atoms with E-state index < -0.39 is 0 Å². The molecule has 3 N–H and O–H groups in total. The first kappa shape index (κ1) is 25.8. The summed E-state index contributed by atoms with van der Waals surface area (Å²) in [5.74, 6) is 0.382. The summed E-state index contributed by atoms with van der Waals surface area (Å²) >= 11 is 0. The second-order valence-corrected chi connectivity index (χ2v) is 6.99. The van der Waals surface area contributed by atoms with Gasteiger partial charge in [0.1, 0.15) is 18.0 Å². The third-order valence-corrected chi connectivity index (χ3v) is 4.76. The monoisotopic (exact) mass is 452 g/mol. The molecule has 0 aliphatic carbocycles. The van der Waals surface area contributed by atoms with Gasteiger partial charge >= 0.3 is 0 Å². The number of aryl methyl sites for hydroxylation is 1. The van der Waals surface area contributed by atoms with Crippen LogP contribution in [0, 0.1) is 6.92 Å². The van der Waals surface area contributed by atoms with Crippen LogP contribution in [0.5, 0.6) is 5.75 Å². The highest BCUT2D eigenvalue weighted by Crippen LogP contribution is 2.20. The molecule has 2 heterocycles. The van der Waals surface area contributed by atoms with Crippen LogP contribution in [0.3, 0.4) is 0 Å². The third kappa shape index (κ3) is 6.36. The summed E-state index contributed by atoms with van der Waals surface area (Å²) in [7, 11) is 0. The van der Waals surface area contributed by atoms with Gasteiger partial charge in [-0.2, -0.15) is 0 Å². The molecule has 0 fully saturated rings. The molecule has 3 rings (SSSR count). The second kappa shape index (κ2) is 12.4. The number of benzene rings is 1. The van der Waals surface area contributed by atoms with E-state index in [0.29, 0.717) is 24.5 Å². The number of hydrogen-bond donors (Lipinski definition) is 2. The summed E-state index contributed by atoms with van der Waals surface area (Å²) in [5.41, 5.74) is 9.14. The van der Waals surface area contributed by atoms with Gasteiger partial charge < -0.3 is 20.2 Å². The number of amides is 1. The Labute approximate surface area is 190 Å². The first-order valence-corrected chi connectivity index (χ1v) is 9.78. The number of imidazole rings is 1. The van der Waals surface area contributed by atoms with Gasteiger partial charge in [0.05, 0.1) is 11.3 Å². The molecule has 1 unspecified atom stereocenters. The summed E-state index contributed by atoms with van der Waals surface area (Å²) in [4.78, 5) is 17.3. The van der Waals surface area contributed by atoms with Crippen LogP contribution in [0.15, 0.2) is 48.8 Å². The zero-order valence-corrected chi connectivity index (χ0v) is 19.0. The summed E-state index contributed by atoms with van der Waals surface area (Å²) in [6.45, 7) is 4.87. The van der Waals surface area contributed by atoms with Crippen molar-refractivity contribution in [3.8, 4) is 5.75 Å². The molecule has 8 heteroatoms. The Bertz CT molecular complexity index is 946. The zero-order chi connectivity index (χ0) is 19.9. The molecule has 0 aliphatic rings. The molecular formula is C22H30Cl2N4O2. The summed E-state index contributed by atoms with van der Waals surface area (Å²) < 4.78 is 7.92. The van der Waals surface area contributed by atoms with Gasteiger partial charge in [-0.1, -0.05) is 38.0 Å². The van der Waals surface area contributed by atoms with Gasteiger partial charge in [-0.05, 0) is 37.1 Å². The number of rotatable bonds is 9. The van der Waals surface area contributed by atoms with E-state index in [-0.39, 0.29) is 36.8 Å². The van der Waals surface area contributed by atoms with Crippen molar-refractivity contribution < 1.29 is 9.53 Å². The number of nitrogens with two attached hydrogens (primary N) is 1. The molecule has 30 heavy (non-hydrogen) atoms. The SMILES string of the molecule is CCCCC(CN)NC(=O)c1ccccc1OCc1cn2cccc(C)c2n1.Cl.Cl. The molecule has 0 radical (unpaired) electrons. The first-order chi connectivity index (χ1) is 13.6. The molecule has 0 spiro atoms. The van der Waals surface area contributed by atoms with Crippen LogP contribution >= 0.6 is 24.8 Å². The highest BCUT2D eigenvalue weighted by molar-refractivity contribution is 5.97. The average Bonchev–Trinajstić information content (AvgIpc) is 3.14. The van der Waals surface area contributed by atoms with Crippen LogP contribution in [0.1, 0.15) is 47.8 Å². The molecule has 164 valence electrons. The number of unbranched alkanes of at least 4 members (excludes halogenated alkanes) is 1. The van der Waals surface area contributed by atoms with Gasteiger partial charge in [0.2, 0.25) is 0 Å². The number of fused-ring (bicyclic) bond motifs is 1. The smallest absolute Gasteiger partial charge is 0.255 e. The van der Waals surface area contributed by atoms with E-state index >= 15 is 0 Å². The van der Waals surface area contributed by atoms with Crippen LogP contribution < -0.4 is 15.8 Å². The fraction of sp³-hybridized carbons (Fsp3) is 0.364. The Kier molecular flexibility index (Phi) is 10.7. The molecule has 1 atom stereocenters. The van der Waals surface area contributed by atoms with Crippen molar-refractivity contribution in [1.29, 1.82) is 0 Å². The predicted octanol–water partition coefficient (Wildman–Crippen LogP) is 4.31. The maximum Gasteiger partial charge on any atom is 0.255 e. The van der Waals surface area contributed by atoms with E-state index in [2.05, 4.69) is 17.2 Å². The first-order valence-electron chi connectivity index (χ1n) is 9.78. The largest absolute Gasteiger partial charge is 0.486 e. The number of aromatic nitrogens is 2. The topological polar surface area (TPSA) is 81.6 Å². The Morgan fingerprint density at radius 1 is 1.23 bits per heavy atom. The van der Waals surface area contributed by atoms with Gasteiger partial charge in [0.15, 0.2) is 0 Å². The van der Waals surface area contributed by atoms with Crippen molar-refractivity contribution in [2.75, 3.05) is 6.54 Å². The highest BCUT2D eigenvalue weighted by Gasteiger charge is 2.16. The lowest BCUT2D eigenvalue weighted by Gasteiger charge is -2.18. The Balaban J connectivity index is 0.00000225. The number of carbonyl (C=O) groups excluding carboxylic acids is 1. The Morgan fingerprint density at radius 3 is 2.70 bits per heavy atom. The van der Waals surface area contributed by atoms with E-state index in [4.69, 9.17) is 10.5 Å². The van der Waals surface area contributed by atoms with E-state index in [1.54, 1.807) is 12.1 Å². The highest BCUT2D eigenvalue weighted by atomic mass is 35.5. The van der Waals surface area contributed by atoms with Crippen LogP contribution in [0.4, 0.5) is 0 Å². The lowest BCUT2D eigenvalue weighted by Crippen LogP contribution is -2.40. The van der Waals surface area contributed by atoms with Gasteiger partial charge in [-0.25, -0.2) is 4.98 Å². The lowest BCUT2D eigenvalue weighted by atomic mass is 10.1. The fourth-order valence-corrected chi connectivity index (χ4v) is 3.17. The molecule has 0 saturated heterocycles. The van der Waals surface area contributed by atoms with Crippen molar-refractivity contribution in [3.05, 3.63) is 65.6 Å². The molecule has 1 aromatic carbocycles. The summed E-state index contributed by atoms with van der Waals surface area (Å²) in [6, 6.07) is 11.3. The quantitative estimate of drug-likeness (QED) is 0.506. The average molecular weight is 453 g/mol. The van der Waals surface area contributed by atoms with Crippen LogP contribution in [0.25, 0.3) is 5.65 Å². The normalized spacial score (nSPS) is 11.3. The van der Waals surface area contributed by atoms with Gasteiger partial charge in [-0.3, -0.25) is 4.79 Å². The van der Waals surface area contributed by atoms with E-state index in [1.807, 2.05) is 48.0 Å². The molecule has 1 amide bonds. The molecule has 0 saturated carbocycles. The number of carbonyl (C=O) groups is 1. The van der Waals surface area contributed by atoms with E-state index in [0.717, 1.165) is 36.2 Å². The molecule has 2 aromatic heterocycles. The summed E-state index contributed by atoms with van der Waals surface area (Å²) in [5, 5.41) is 3.02. The van der Waals surface area contributed by atoms with Gasteiger partial charge in [0.25, 0.3) is 5.91 Å². The predicted molar refractivity (Wildman–Crippen MR) is 125 cm³/mol. The molecule has 6 nitrogen and oxygen atoms in total. The molecular weight excluding hydrogens is 423 g/mol. The molecule has 0 aliphatic heterocycles. The number of ether oxygens (including phenoxy) is 1. The van der Waals surface area contributed by atoms with Gasteiger partial charge in [-0.15, -0.1) is 24.8 Å². The van der Waals surface area contributed by atoms with Crippen molar-refractivity contribution in [2.45, 2.75) is 45.8 Å². The number of nitrogens with zero attached hydrogens (tertiary/aromatic N) is 2. The standard InChI is InChI=1S/C22H28N4O2.2ClH/c1-3-4-9-17(13-23)25-22(27)19-10-5-6-11-20(19)28-15-18-14-26-12-7-8-16(2)21(26)24-18;;/h5-8,10-12,14,17H,3-4,9,13,15,23H2,1-2H3,(H,25,27);2*1H. The van der Waals surface area contributed by atoms with Crippen molar-refractivity contribution in [3.63, 3.8) is 0 Å². The molecule has 3 aromatic rings. The minimum Gasteiger partial charge on any atom is -0.486 e. The maximum absolute atomic E-state index is 12.7. The number of para-hydroxylation sites is 1. The third-order valence-electron chi connectivity index (χ3n) is 4.76. The van der Waals surface area contributed by atoms with Crippen molar-refractivity contribution in [2.24, 2.45) is 5.73 Å². The number of hydrogen-bond acceptors (Lipinski definition) is 4. The number of pyridine rings is 1. The summed E-state index contributed by atoms with van der Waals surface area (Å²) in [6.07, 6.45) is 6.89. The Morgan fingerprint density at radius 2 is 2.00 bits per heavy atom. The maximum atomic E-state index is 12.7. The van der Waals surface area contributed by atoms with Crippen molar-refractivity contribution in [1.82, 2.24) is 14.7 Å². The number of nitrogens with one attached hydrogen (secondary N) is 1. The van der Waals surface area contributed by atoms with Crippen LogP contribution in [0.2, 0.25) is 0 Å². The van der Waals surface area contributed by atoms with Crippen LogP contribution in [-0.2, 0) is 6.61 Å². The minimum absolute atomic E-state index is 0. The van der Waals surface area contributed by atoms with Gasteiger partial charge in [0, 0.05) is 25.0 Å². The van der Waals surface area contributed by atoms with E-state index in [9.17, 15) is 4.79 Å². The minimum atomic E-state index is -0.159. The zero-order valence-electron chi connectivity index (χ0n) is 17.3. The Hall–Kier alpha value is -2.28. The molecule has 0 bridgehead atoms. The lowest BCUT2D eigenvalue weighted by molar-refractivity contribution is 0.0931. The van der Waals surface area contributed by atoms with Crippen molar-refractivity contribution >= 4 is 36.4 Å². The van der Waals surface area contributed by atoms with Crippen LogP contribution in [-0.4, -0.2) is 27.9 Å². The fourth-order valence-electron chi connectivity index (χ4n) is 3.17.